The molecule has 1 N–H and O–H groups in total. The van der Waals surface area contributed by atoms with E-state index in [9.17, 15) is 0 Å². The van der Waals surface area contributed by atoms with E-state index in [1.807, 2.05) is 6.07 Å². The molecule has 0 radical (unpaired) electrons. The molecule has 11 heavy (non-hydrogen) atoms. The second-order valence-corrected chi connectivity index (χ2v) is 3.10. The van der Waals surface area contributed by atoms with Gasteiger partial charge in [0.25, 0.3) is 0 Å². The van der Waals surface area contributed by atoms with E-state index in [1.54, 1.807) is 24.3 Å². The summed E-state index contributed by atoms with van der Waals surface area (Å²) in [5.41, 5.74) is 0. The molecule has 1 rings (SSSR count). The van der Waals surface area contributed by atoms with Crippen LogP contribution < -0.4 is 0 Å². The minimum absolute atomic E-state index is 0.322. The highest BCUT2D eigenvalue weighted by atomic mass is 127. The highest BCUT2D eigenvalue weighted by Crippen LogP contribution is 2.02. The van der Waals surface area contributed by atoms with Gasteiger partial charge in [-0.25, -0.2) is 0 Å². The van der Waals surface area contributed by atoms with Gasteiger partial charge in [-0.15, -0.1) is 0 Å². The quantitative estimate of drug-likeness (QED) is 0.610. The van der Waals surface area contributed by atoms with Crippen LogP contribution in [0, 0.1) is 0 Å². The lowest BCUT2D eigenvalue weighted by Gasteiger charge is -1.82. The van der Waals surface area contributed by atoms with Crippen LogP contribution in [0.2, 0.25) is 0 Å². The van der Waals surface area contributed by atoms with Gasteiger partial charge in [0, 0.05) is 0 Å². The van der Waals surface area contributed by atoms with Gasteiger partial charge in [-0.3, -0.25) is 0 Å². The lowest BCUT2D eigenvalue weighted by Crippen LogP contribution is -1.56. The molecular formula is C9H13IO. The first-order valence-corrected chi connectivity index (χ1v) is 5.13. The molecule has 0 fully saturated rings. The minimum Gasteiger partial charge on any atom is -0.508 e. The Labute approximate surface area is 81.6 Å². The Bertz CT molecular complexity index is 160. The largest absolute Gasteiger partial charge is 0.508 e. The van der Waals surface area contributed by atoms with Crippen molar-refractivity contribution in [1.29, 1.82) is 0 Å². The topological polar surface area (TPSA) is 20.2 Å². The summed E-state index contributed by atoms with van der Waals surface area (Å²) >= 11 is 2.35. The lowest BCUT2D eigenvalue weighted by molar-refractivity contribution is 0.475. The molecule has 0 atom stereocenters. The molecular weight excluding hydrogens is 251 g/mol. The van der Waals surface area contributed by atoms with E-state index in [1.165, 1.54) is 10.8 Å². The number of hydrogen-bond acceptors (Lipinski definition) is 1. The Morgan fingerprint density at radius 1 is 1.27 bits per heavy atom. The van der Waals surface area contributed by atoms with Gasteiger partial charge in [-0.05, 0) is 23.0 Å². The molecule has 0 amide bonds. The highest BCUT2D eigenvalue weighted by Gasteiger charge is 1.74. The van der Waals surface area contributed by atoms with Crippen LogP contribution in [0.25, 0.3) is 0 Å². The maximum absolute atomic E-state index is 8.63. The molecule has 1 nitrogen and oxygen atoms in total. The van der Waals surface area contributed by atoms with Crippen molar-refractivity contribution in [3.8, 4) is 5.75 Å². The summed E-state index contributed by atoms with van der Waals surface area (Å²) in [5.74, 6) is 0.322. The van der Waals surface area contributed by atoms with Gasteiger partial charge in [0.05, 0.1) is 0 Å². The SMILES string of the molecule is CCCI.Oc1ccccc1. The first kappa shape index (κ1) is 10.8. The number of benzene rings is 1. The van der Waals surface area contributed by atoms with Crippen LogP contribution in [-0.4, -0.2) is 9.53 Å². The first-order chi connectivity index (χ1) is 5.31. The maximum Gasteiger partial charge on any atom is 0.115 e. The van der Waals surface area contributed by atoms with Crippen molar-refractivity contribution in [3.63, 3.8) is 0 Å². The minimum atomic E-state index is 0.322. The van der Waals surface area contributed by atoms with E-state index >= 15 is 0 Å². The van der Waals surface area contributed by atoms with Crippen LogP contribution in [0.1, 0.15) is 13.3 Å². The number of phenols is 1. The Kier molecular flexibility index (Phi) is 7.67. The first-order valence-electron chi connectivity index (χ1n) is 3.61. The number of phenolic OH excluding ortho intramolecular Hbond substituents is 1. The van der Waals surface area contributed by atoms with Crippen LogP contribution in [0.4, 0.5) is 0 Å². The van der Waals surface area contributed by atoms with Crippen LogP contribution in [0.15, 0.2) is 30.3 Å². The molecule has 0 aliphatic carbocycles. The van der Waals surface area contributed by atoms with E-state index in [0.717, 1.165) is 0 Å². The number of halogens is 1. The molecule has 0 saturated heterocycles. The third-order valence-electron chi connectivity index (χ3n) is 0.945. The second-order valence-electron chi connectivity index (χ2n) is 2.02. The smallest absolute Gasteiger partial charge is 0.115 e. The Hall–Kier alpha value is -0.250. The van der Waals surface area contributed by atoms with Crippen molar-refractivity contribution in [3.05, 3.63) is 30.3 Å². The van der Waals surface area contributed by atoms with Crippen molar-refractivity contribution in [1.82, 2.24) is 0 Å². The molecule has 0 spiro atoms. The van der Waals surface area contributed by atoms with Gasteiger partial charge in [-0.1, -0.05) is 47.7 Å². The Morgan fingerprint density at radius 2 is 1.73 bits per heavy atom. The fourth-order valence-electron chi connectivity index (χ4n) is 0.428. The molecule has 0 aromatic heterocycles. The molecule has 0 bridgehead atoms. The van der Waals surface area contributed by atoms with Gasteiger partial charge in [0.1, 0.15) is 5.75 Å². The Balaban J connectivity index is 0.000000218. The van der Waals surface area contributed by atoms with Gasteiger partial charge < -0.3 is 5.11 Å². The summed E-state index contributed by atoms with van der Waals surface area (Å²) in [6.07, 6.45) is 1.31. The fraction of sp³-hybridized carbons (Fsp3) is 0.333. The highest BCUT2D eigenvalue weighted by molar-refractivity contribution is 14.1. The average molecular weight is 264 g/mol. The number of para-hydroxylation sites is 1. The summed E-state index contributed by atoms with van der Waals surface area (Å²) < 4.78 is 1.29. The molecule has 1 aromatic carbocycles. The van der Waals surface area contributed by atoms with Crippen molar-refractivity contribution < 1.29 is 5.11 Å². The van der Waals surface area contributed by atoms with Gasteiger partial charge in [0.2, 0.25) is 0 Å². The zero-order valence-electron chi connectivity index (χ0n) is 6.63. The standard InChI is InChI=1S/C6H6O.C3H7I/c7-6-4-2-1-3-5-6;1-2-3-4/h1-5,7H;2-3H2,1H3. The summed E-state index contributed by atoms with van der Waals surface area (Å²) in [4.78, 5) is 0. The van der Waals surface area contributed by atoms with Crippen LogP contribution in [0.3, 0.4) is 0 Å². The van der Waals surface area contributed by atoms with Crippen molar-refractivity contribution in [2.45, 2.75) is 13.3 Å². The van der Waals surface area contributed by atoms with Crippen molar-refractivity contribution in [2.24, 2.45) is 0 Å². The molecule has 0 aliphatic rings. The van der Waals surface area contributed by atoms with Crippen LogP contribution in [-0.2, 0) is 0 Å². The van der Waals surface area contributed by atoms with Gasteiger partial charge in [0.15, 0.2) is 0 Å². The molecule has 0 unspecified atom stereocenters. The number of rotatable bonds is 1. The average Bonchev–Trinajstić information content (AvgIpc) is 2.07. The third kappa shape index (κ3) is 7.65. The van der Waals surface area contributed by atoms with Gasteiger partial charge in [-0.2, -0.15) is 0 Å². The summed E-state index contributed by atoms with van der Waals surface area (Å²) in [5, 5.41) is 8.63. The zero-order valence-corrected chi connectivity index (χ0v) is 8.78. The van der Waals surface area contributed by atoms with E-state index in [4.69, 9.17) is 5.11 Å². The van der Waals surface area contributed by atoms with Gasteiger partial charge >= 0.3 is 0 Å². The van der Waals surface area contributed by atoms with E-state index < -0.39 is 0 Å². The summed E-state index contributed by atoms with van der Waals surface area (Å²) in [6, 6.07) is 8.71. The van der Waals surface area contributed by atoms with Crippen LogP contribution >= 0.6 is 22.6 Å². The van der Waals surface area contributed by atoms with E-state index in [-0.39, 0.29) is 0 Å². The third-order valence-corrected chi connectivity index (χ3v) is 2.02. The predicted molar refractivity (Wildman–Crippen MR) is 57.3 cm³/mol. The molecule has 0 saturated carbocycles. The number of alkyl halides is 1. The zero-order chi connectivity index (χ0) is 8.53. The van der Waals surface area contributed by atoms with E-state index in [0.29, 0.717) is 5.75 Å². The molecule has 2 heteroatoms. The number of aromatic hydroxyl groups is 1. The molecule has 0 aliphatic heterocycles. The monoisotopic (exact) mass is 264 g/mol. The fourth-order valence-corrected chi connectivity index (χ4v) is 0.428. The van der Waals surface area contributed by atoms with E-state index in [2.05, 4.69) is 29.5 Å². The molecule has 62 valence electrons. The Morgan fingerprint density at radius 3 is 1.91 bits per heavy atom. The second kappa shape index (κ2) is 7.85. The molecule has 1 aromatic rings. The van der Waals surface area contributed by atoms with Crippen molar-refractivity contribution >= 4 is 22.6 Å². The molecule has 0 heterocycles. The van der Waals surface area contributed by atoms with Crippen LogP contribution in [0.5, 0.6) is 5.75 Å². The summed E-state index contributed by atoms with van der Waals surface area (Å²) in [7, 11) is 0. The van der Waals surface area contributed by atoms with Crippen molar-refractivity contribution in [2.75, 3.05) is 4.43 Å². The maximum atomic E-state index is 8.63. The predicted octanol–water partition coefficient (Wildman–Crippen LogP) is 3.22. The summed E-state index contributed by atoms with van der Waals surface area (Å²) in [6.45, 7) is 2.17. The lowest BCUT2D eigenvalue weighted by atomic mass is 10.3. The number of hydrogen-bond donors (Lipinski definition) is 1. The normalized spacial score (nSPS) is 8.18.